The summed E-state index contributed by atoms with van der Waals surface area (Å²) >= 11 is 0. The smallest absolute Gasteiger partial charge is 0.308 e. The Hall–Kier alpha value is -2.03. The molecule has 0 aromatic heterocycles. The van der Waals surface area contributed by atoms with Crippen LogP contribution < -0.4 is 10.6 Å². The summed E-state index contributed by atoms with van der Waals surface area (Å²) in [5, 5.41) is 5.50. The standard InChI is InChI=1S/C12H12N2O/c15-12(14-11-8-4-5-9-11)13-10-6-2-1-3-7-10/h1-4,6-9H,5H2,(H2,13,14,15). The number of allylic oxidation sites excluding steroid dienone is 3. The molecule has 0 aliphatic heterocycles. The van der Waals surface area contributed by atoms with E-state index in [2.05, 4.69) is 10.6 Å². The minimum absolute atomic E-state index is 0.209. The third kappa shape index (κ3) is 2.71. The van der Waals surface area contributed by atoms with Gasteiger partial charge in [-0.1, -0.05) is 30.4 Å². The number of carbonyl (C=O) groups is 1. The van der Waals surface area contributed by atoms with Gasteiger partial charge in [0.15, 0.2) is 0 Å². The lowest BCUT2D eigenvalue weighted by Crippen LogP contribution is -2.26. The van der Waals surface area contributed by atoms with E-state index in [0.717, 1.165) is 17.8 Å². The van der Waals surface area contributed by atoms with E-state index in [1.54, 1.807) is 0 Å². The highest BCUT2D eigenvalue weighted by molar-refractivity contribution is 5.90. The summed E-state index contributed by atoms with van der Waals surface area (Å²) < 4.78 is 0. The van der Waals surface area contributed by atoms with Crippen LogP contribution in [0.15, 0.2) is 54.3 Å². The Labute approximate surface area is 88.5 Å². The zero-order valence-electron chi connectivity index (χ0n) is 8.23. The summed E-state index contributed by atoms with van der Waals surface area (Å²) in [6.45, 7) is 0. The van der Waals surface area contributed by atoms with E-state index in [1.165, 1.54) is 0 Å². The van der Waals surface area contributed by atoms with E-state index in [1.807, 2.05) is 48.6 Å². The fraction of sp³-hybridized carbons (Fsp3) is 0.0833. The predicted molar refractivity (Wildman–Crippen MR) is 60.4 cm³/mol. The fourth-order valence-electron chi connectivity index (χ4n) is 1.37. The van der Waals surface area contributed by atoms with Crippen molar-refractivity contribution in [3.63, 3.8) is 0 Å². The van der Waals surface area contributed by atoms with Crippen LogP contribution in [0.1, 0.15) is 6.42 Å². The first-order chi connectivity index (χ1) is 7.34. The van der Waals surface area contributed by atoms with Crippen molar-refractivity contribution in [1.29, 1.82) is 0 Å². The molecular weight excluding hydrogens is 188 g/mol. The Morgan fingerprint density at radius 2 is 1.93 bits per heavy atom. The van der Waals surface area contributed by atoms with Crippen molar-refractivity contribution in [1.82, 2.24) is 5.32 Å². The number of urea groups is 1. The maximum absolute atomic E-state index is 11.5. The van der Waals surface area contributed by atoms with Gasteiger partial charge in [0, 0.05) is 11.4 Å². The Kier molecular flexibility index (Phi) is 2.83. The number of benzene rings is 1. The molecule has 2 amide bonds. The number of hydrogen-bond donors (Lipinski definition) is 2. The molecule has 3 nitrogen and oxygen atoms in total. The van der Waals surface area contributed by atoms with E-state index >= 15 is 0 Å². The van der Waals surface area contributed by atoms with Gasteiger partial charge in [0.05, 0.1) is 0 Å². The van der Waals surface area contributed by atoms with Gasteiger partial charge in [-0.15, -0.1) is 0 Å². The highest BCUT2D eigenvalue weighted by Gasteiger charge is 2.03. The second kappa shape index (κ2) is 4.46. The number of hydrogen-bond acceptors (Lipinski definition) is 1. The summed E-state index contributed by atoms with van der Waals surface area (Å²) in [6, 6.07) is 9.15. The van der Waals surface area contributed by atoms with E-state index < -0.39 is 0 Å². The Morgan fingerprint density at radius 1 is 1.13 bits per heavy atom. The van der Waals surface area contributed by atoms with Gasteiger partial charge in [-0.2, -0.15) is 0 Å². The van der Waals surface area contributed by atoms with Crippen LogP contribution in [0.2, 0.25) is 0 Å². The molecule has 0 fully saturated rings. The zero-order valence-corrected chi connectivity index (χ0v) is 8.23. The summed E-state index contributed by atoms with van der Waals surface area (Å²) in [5.74, 6) is 0. The zero-order chi connectivity index (χ0) is 10.5. The molecule has 1 aromatic rings. The molecule has 76 valence electrons. The largest absolute Gasteiger partial charge is 0.323 e. The van der Waals surface area contributed by atoms with Gasteiger partial charge in [-0.05, 0) is 24.6 Å². The van der Waals surface area contributed by atoms with Crippen LogP contribution >= 0.6 is 0 Å². The quantitative estimate of drug-likeness (QED) is 0.757. The summed E-state index contributed by atoms with van der Waals surface area (Å²) in [6.07, 6.45) is 6.74. The average Bonchev–Trinajstić information content (AvgIpc) is 2.71. The SMILES string of the molecule is O=C(NC1=CCC=C1)Nc1ccccc1. The molecule has 0 spiro atoms. The third-order valence-electron chi connectivity index (χ3n) is 2.06. The molecule has 2 N–H and O–H groups in total. The van der Waals surface area contributed by atoms with Crippen LogP contribution in [-0.4, -0.2) is 6.03 Å². The van der Waals surface area contributed by atoms with Crippen LogP contribution in [0.5, 0.6) is 0 Å². The van der Waals surface area contributed by atoms with Gasteiger partial charge in [-0.25, -0.2) is 4.79 Å². The highest BCUT2D eigenvalue weighted by atomic mass is 16.2. The topological polar surface area (TPSA) is 41.1 Å². The molecule has 1 aliphatic rings. The maximum Gasteiger partial charge on any atom is 0.323 e. The van der Waals surface area contributed by atoms with Gasteiger partial charge in [-0.3, -0.25) is 0 Å². The summed E-state index contributed by atoms with van der Waals surface area (Å²) in [4.78, 5) is 11.5. The van der Waals surface area contributed by atoms with Crippen LogP contribution in [-0.2, 0) is 0 Å². The molecule has 2 rings (SSSR count). The first-order valence-corrected chi connectivity index (χ1v) is 4.84. The van der Waals surface area contributed by atoms with Crippen molar-refractivity contribution in [3.05, 3.63) is 54.3 Å². The van der Waals surface area contributed by atoms with Crippen molar-refractivity contribution in [2.24, 2.45) is 0 Å². The third-order valence-corrected chi connectivity index (χ3v) is 2.06. The maximum atomic E-state index is 11.5. The molecule has 1 aromatic carbocycles. The molecule has 0 radical (unpaired) electrons. The van der Waals surface area contributed by atoms with Gasteiger partial charge in [0.25, 0.3) is 0 Å². The van der Waals surface area contributed by atoms with Crippen molar-refractivity contribution in [2.75, 3.05) is 5.32 Å². The Bertz CT molecular complexity index is 407. The molecule has 0 atom stereocenters. The molecule has 0 heterocycles. The number of amides is 2. The van der Waals surface area contributed by atoms with Gasteiger partial charge in [0.1, 0.15) is 0 Å². The molecule has 3 heteroatoms. The second-order valence-electron chi connectivity index (χ2n) is 3.24. The van der Waals surface area contributed by atoms with Crippen molar-refractivity contribution >= 4 is 11.7 Å². The second-order valence-corrected chi connectivity index (χ2v) is 3.24. The van der Waals surface area contributed by atoms with Crippen molar-refractivity contribution in [3.8, 4) is 0 Å². The van der Waals surface area contributed by atoms with Crippen molar-refractivity contribution < 1.29 is 4.79 Å². The lowest BCUT2D eigenvalue weighted by atomic mass is 10.3. The fourth-order valence-corrected chi connectivity index (χ4v) is 1.37. The number of rotatable bonds is 2. The Balaban J connectivity index is 1.90. The molecule has 1 aliphatic carbocycles. The number of carbonyl (C=O) groups excluding carboxylic acids is 1. The molecule has 0 saturated carbocycles. The van der Waals surface area contributed by atoms with E-state index in [4.69, 9.17) is 0 Å². The first kappa shape index (κ1) is 9.52. The minimum atomic E-state index is -0.209. The van der Waals surface area contributed by atoms with Gasteiger partial charge in [0.2, 0.25) is 0 Å². The normalized spacial score (nSPS) is 13.5. The lowest BCUT2D eigenvalue weighted by molar-refractivity contribution is 0.254. The molecule has 0 saturated heterocycles. The number of nitrogens with one attached hydrogen (secondary N) is 2. The number of anilines is 1. The monoisotopic (exact) mass is 200 g/mol. The van der Waals surface area contributed by atoms with Crippen LogP contribution in [0, 0.1) is 0 Å². The van der Waals surface area contributed by atoms with Crippen LogP contribution in [0.25, 0.3) is 0 Å². The van der Waals surface area contributed by atoms with E-state index in [0.29, 0.717) is 0 Å². The predicted octanol–water partition coefficient (Wildman–Crippen LogP) is 2.65. The van der Waals surface area contributed by atoms with Crippen molar-refractivity contribution in [2.45, 2.75) is 6.42 Å². The minimum Gasteiger partial charge on any atom is -0.308 e. The lowest BCUT2D eigenvalue weighted by Gasteiger charge is -2.06. The Morgan fingerprint density at radius 3 is 2.60 bits per heavy atom. The molecular formula is C12H12N2O. The van der Waals surface area contributed by atoms with Crippen LogP contribution in [0.3, 0.4) is 0 Å². The highest BCUT2D eigenvalue weighted by Crippen LogP contribution is 2.07. The molecule has 0 unspecified atom stereocenters. The average molecular weight is 200 g/mol. The van der Waals surface area contributed by atoms with E-state index in [-0.39, 0.29) is 6.03 Å². The first-order valence-electron chi connectivity index (χ1n) is 4.84. The molecule has 0 bridgehead atoms. The summed E-state index contributed by atoms with van der Waals surface area (Å²) in [5.41, 5.74) is 1.64. The van der Waals surface area contributed by atoms with E-state index in [9.17, 15) is 4.79 Å². The molecule has 15 heavy (non-hydrogen) atoms. The van der Waals surface area contributed by atoms with Crippen LogP contribution in [0.4, 0.5) is 10.5 Å². The summed E-state index contributed by atoms with van der Waals surface area (Å²) in [7, 11) is 0. The van der Waals surface area contributed by atoms with Gasteiger partial charge < -0.3 is 10.6 Å². The number of para-hydroxylation sites is 1. The van der Waals surface area contributed by atoms with Gasteiger partial charge >= 0.3 is 6.03 Å².